The first-order chi connectivity index (χ1) is 14.4. The summed E-state index contributed by atoms with van der Waals surface area (Å²) in [6.45, 7) is 1.87. The molecule has 2 aromatic carbocycles. The molecule has 1 saturated heterocycles. The van der Waals surface area contributed by atoms with Crippen LogP contribution in [0.3, 0.4) is 0 Å². The van der Waals surface area contributed by atoms with E-state index in [4.69, 9.17) is 0 Å². The summed E-state index contributed by atoms with van der Waals surface area (Å²) in [7, 11) is 0. The van der Waals surface area contributed by atoms with E-state index in [0.717, 1.165) is 22.6 Å². The van der Waals surface area contributed by atoms with Crippen LogP contribution >= 0.6 is 0 Å². The second kappa shape index (κ2) is 7.51. The second-order valence-electron chi connectivity index (χ2n) is 6.91. The van der Waals surface area contributed by atoms with Crippen LogP contribution in [0, 0.1) is 18.6 Å². The minimum atomic E-state index is -1.10. The smallest absolute Gasteiger partial charge is 0.300 e. The lowest BCUT2D eigenvalue weighted by molar-refractivity contribution is -0.132. The Balaban J connectivity index is 1.96. The molecular weight excluding hydrogens is 390 g/mol. The Morgan fingerprint density at radius 2 is 1.67 bits per heavy atom. The third-order valence-corrected chi connectivity index (χ3v) is 4.96. The van der Waals surface area contributed by atoms with Gasteiger partial charge in [-0.05, 0) is 36.8 Å². The summed E-state index contributed by atoms with van der Waals surface area (Å²) in [6.07, 6.45) is 2.92. The zero-order valence-electron chi connectivity index (χ0n) is 15.8. The predicted molar refractivity (Wildman–Crippen MR) is 107 cm³/mol. The SMILES string of the molecule is Cc1ccc(/C(O)=C2\C(=O)C(=O)N(c3ccc(F)cc3F)C2c2ccncc2)cc1. The molecule has 1 aliphatic heterocycles. The van der Waals surface area contributed by atoms with Crippen LogP contribution < -0.4 is 4.90 Å². The van der Waals surface area contributed by atoms with Crippen LogP contribution in [0.25, 0.3) is 5.76 Å². The van der Waals surface area contributed by atoms with Crippen molar-refractivity contribution in [3.05, 3.63) is 101 Å². The van der Waals surface area contributed by atoms with Gasteiger partial charge in [0.15, 0.2) is 0 Å². The van der Waals surface area contributed by atoms with Crippen molar-refractivity contribution in [2.24, 2.45) is 0 Å². The van der Waals surface area contributed by atoms with Gasteiger partial charge in [-0.1, -0.05) is 29.8 Å². The Kier molecular flexibility index (Phi) is 4.87. The van der Waals surface area contributed by atoms with Gasteiger partial charge in [0.2, 0.25) is 0 Å². The van der Waals surface area contributed by atoms with Crippen molar-refractivity contribution in [3.8, 4) is 0 Å². The van der Waals surface area contributed by atoms with Gasteiger partial charge in [-0.15, -0.1) is 0 Å². The number of hydrogen-bond acceptors (Lipinski definition) is 4. The van der Waals surface area contributed by atoms with E-state index in [1.807, 2.05) is 6.92 Å². The lowest BCUT2D eigenvalue weighted by Crippen LogP contribution is -2.30. The first-order valence-corrected chi connectivity index (χ1v) is 9.11. The minimum Gasteiger partial charge on any atom is -0.507 e. The van der Waals surface area contributed by atoms with Gasteiger partial charge in [-0.25, -0.2) is 8.78 Å². The fourth-order valence-corrected chi connectivity index (χ4v) is 3.49. The molecule has 0 radical (unpaired) electrons. The minimum absolute atomic E-state index is 0.182. The van der Waals surface area contributed by atoms with E-state index in [9.17, 15) is 23.5 Å². The molecule has 1 aromatic heterocycles. The highest BCUT2D eigenvalue weighted by Gasteiger charge is 2.47. The van der Waals surface area contributed by atoms with Crippen LogP contribution in [-0.2, 0) is 9.59 Å². The molecule has 1 atom stereocenters. The number of Topliss-reactive ketones (excluding diaryl/α,β-unsaturated/α-hetero) is 1. The number of pyridine rings is 1. The van der Waals surface area contributed by atoms with Gasteiger partial charge in [0.25, 0.3) is 11.7 Å². The molecule has 30 heavy (non-hydrogen) atoms. The van der Waals surface area contributed by atoms with Crippen LogP contribution in [0.15, 0.2) is 72.6 Å². The van der Waals surface area contributed by atoms with Crippen LogP contribution in [0.2, 0.25) is 0 Å². The molecule has 0 saturated carbocycles. The van der Waals surface area contributed by atoms with E-state index in [0.29, 0.717) is 17.2 Å². The Morgan fingerprint density at radius 1 is 1.00 bits per heavy atom. The molecule has 1 unspecified atom stereocenters. The van der Waals surface area contributed by atoms with Crippen molar-refractivity contribution in [1.82, 2.24) is 4.98 Å². The number of aliphatic hydroxyl groups is 1. The Hall–Kier alpha value is -3.87. The van der Waals surface area contributed by atoms with Gasteiger partial charge < -0.3 is 5.11 Å². The number of halogens is 2. The lowest BCUT2D eigenvalue weighted by atomic mass is 9.95. The topological polar surface area (TPSA) is 70.5 Å². The fourth-order valence-electron chi connectivity index (χ4n) is 3.49. The van der Waals surface area contributed by atoms with E-state index >= 15 is 0 Å². The molecule has 7 heteroatoms. The molecule has 1 N–H and O–H groups in total. The van der Waals surface area contributed by atoms with Crippen molar-refractivity contribution >= 4 is 23.1 Å². The molecule has 1 fully saturated rings. The number of nitrogens with zero attached hydrogens (tertiary/aromatic N) is 2. The maximum absolute atomic E-state index is 14.6. The van der Waals surface area contributed by atoms with Crippen molar-refractivity contribution in [3.63, 3.8) is 0 Å². The van der Waals surface area contributed by atoms with Crippen LogP contribution in [-0.4, -0.2) is 21.8 Å². The number of rotatable bonds is 3. The standard InChI is InChI=1S/C23H16F2N2O3/c1-13-2-4-15(5-3-13)21(28)19-20(14-8-10-26-11-9-14)27(23(30)22(19)29)18-7-6-16(24)12-17(18)25/h2-12,20,28H,1H3/b21-19+. The number of carbonyl (C=O) groups excluding carboxylic acids is 2. The molecule has 5 nitrogen and oxygen atoms in total. The monoisotopic (exact) mass is 406 g/mol. The highest BCUT2D eigenvalue weighted by Crippen LogP contribution is 2.42. The van der Waals surface area contributed by atoms with Gasteiger partial charge in [0, 0.05) is 24.0 Å². The van der Waals surface area contributed by atoms with E-state index in [2.05, 4.69) is 4.98 Å². The molecule has 0 aliphatic carbocycles. The number of carbonyl (C=O) groups is 2. The van der Waals surface area contributed by atoms with Crippen molar-refractivity contribution in [2.45, 2.75) is 13.0 Å². The van der Waals surface area contributed by atoms with E-state index < -0.39 is 29.4 Å². The fraction of sp³-hybridized carbons (Fsp3) is 0.0870. The van der Waals surface area contributed by atoms with Gasteiger partial charge >= 0.3 is 0 Å². The molecule has 150 valence electrons. The highest BCUT2D eigenvalue weighted by molar-refractivity contribution is 6.51. The third-order valence-electron chi connectivity index (χ3n) is 4.96. The first-order valence-electron chi connectivity index (χ1n) is 9.11. The Labute approximate surface area is 170 Å². The van der Waals surface area contributed by atoms with E-state index in [1.54, 1.807) is 36.4 Å². The summed E-state index contributed by atoms with van der Waals surface area (Å²) in [5, 5.41) is 10.9. The molecule has 1 amide bonds. The number of aliphatic hydroxyl groups excluding tert-OH is 1. The Morgan fingerprint density at radius 3 is 2.30 bits per heavy atom. The molecule has 3 aromatic rings. The van der Waals surface area contributed by atoms with Crippen LogP contribution in [0.4, 0.5) is 14.5 Å². The van der Waals surface area contributed by atoms with Crippen LogP contribution in [0.5, 0.6) is 0 Å². The number of hydrogen-bond donors (Lipinski definition) is 1. The van der Waals surface area contributed by atoms with Crippen LogP contribution in [0.1, 0.15) is 22.7 Å². The summed E-state index contributed by atoms with van der Waals surface area (Å²) in [5.41, 5.74) is 1.30. The van der Waals surface area contributed by atoms with Gasteiger partial charge in [0.05, 0.1) is 17.3 Å². The molecule has 2 heterocycles. The summed E-state index contributed by atoms with van der Waals surface area (Å²) in [4.78, 5) is 30.7. The summed E-state index contributed by atoms with van der Waals surface area (Å²) < 4.78 is 28.0. The number of amides is 1. The summed E-state index contributed by atoms with van der Waals surface area (Å²) in [5.74, 6) is -4.16. The average molecular weight is 406 g/mol. The average Bonchev–Trinajstić information content (AvgIpc) is 3.00. The maximum Gasteiger partial charge on any atom is 0.300 e. The summed E-state index contributed by atoms with van der Waals surface area (Å²) >= 11 is 0. The van der Waals surface area contributed by atoms with Gasteiger partial charge in [-0.2, -0.15) is 0 Å². The third kappa shape index (κ3) is 3.24. The Bertz CT molecular complexity index is 1170. The van der Waals surface area contributed by atoms with Gasteiger partial charge in [0.1, 0.15) is 17.4 Å². The largest absolute Gasteiger partial charge is 0.507 e. The zero-order chi connectivity index (χ0) is 21.4. The zero-order valence-corrected chi connectivity index (χ0v) is 15.8. The normalized spacial score (nSPS) is 18.1. The maximum atomic E-state index is 14.6. The predicted octanol–water partition coefficient (Wildman–Crippen LogP) is 4.29. The van der Waals surface area contributed by atoms with E-state index in [1.165, 1.54) is 12.4 Å². The quantitative estimate of drug-likeness (QED) is 0.400. The number of benzene rings is 2. The van der Waals surface area contributed by atoms with E-state index in [-0.39, 0.29) is 17.0 Å². The number of aromatic nitrogens is 1. The molecular formula is C23H16F2N2O3. The second-order valence-corrected chi connectivity index (χ2v) is 6.91. The number of ketones is 1. The number of aryl methyl sites for hydroxylation is 1. The molecule has 1 aliphatic rings. The van der Waals surface area contributed by atoms with Crippen molar-refractivity contribution < 1.29 is 23.5 Å². The number of anilines is 1. The van der Waals surface area contributed by atoms with Gasteiger partial charge in [-0.3, -0.25) is 19.5 Å². The molecule has 0 spiro atoms. The van der Waals surface area contributed by atoms with Crippen molar-refractivity contribution in [2.75, 3.05) is 4.90 Å². The molecule has 4 rings (SSSR count). The lowest BCUT2D eigenvalue weighted by Gasteiger charge is -2.25. The first kappa shape index (κ1) is 19.4. The van der Waals surface area contributed by atoms with Crippen molar-refractivity contribution in [1.29, 1.82) is 0 Å². The summed E-state index contributed by atoms with van der Waals surface area (Å²) in [6, 6.07) is 11.5. The molecule has 0 bridgehead atoms. The highest BCUT2D eigenvalue weighted by atomic mass is 19.1.